The van der Waals surface area contributed by atoms with Crippen LogP contribution in [0.25, 0.3) is 43.4 Å². The fourth-order valence-electron chi connectivity index (χ4n) is 10.3. The molecule has 296 valence electrons. The first-order valence-electron chi connectivity index (χ1n) is 21.8. The lowest BCUT2D eigenvalue weighted by Gasteiger charge is -2.35. The Morgan fingerprint density at radius 3 is 1.37 bits per heavy atom. The van der Waals surface area contributed by atoms with Crippen molar-refractivity contribution in [1.82, 2.24) is 0 Å². The van der Waals surface area contributed by atoms with Crippen LogP contribution in [0.5, 0.6) is 0 Å². The zero-order chi connectivity index (χ0) is 41.7. The lowest BCUT2D eigenvalue weighted by atomic mass is 9.67. The van der Waals surface area contributed by atoms with Gasteiger partial charge in [-0.15, -0.1) is 0 Å². The molecule has 0 fully saturated rings. The summed E-state index contributed by atoms with van der Waals surface area (Å²) in [5, 5.41) is 7.62. The van der Waals surface area contributed by atoms with Crippen molar-refractivity contribution < 1.29 is 0 Å². The highest BCUT2D eigenvalue weighted by molar-refractivity contribution is 6.17. The van der Waals surface area contributed by atoms with Gasteiger partial charge in [-0.25, -0.2) is 0 Å². The van der Waals surface area contributed by atoms with E-state index in [-0.39, 0.29) is 0 Å². The maximum absolute atomic E-state index is 2.47. The third-order valence-electron chi connectivity index (χ3n) is 13.0. The molecular weight excluding hydrogens is 761 g/mol. The number of benzene rings is 11. The van der Waals surface area contributed by atoms with Crippen LogP contribution in [-0.4, -0.2) is 0 Å². The van der Waals surface area contributed by atoms with Crippen LogP contribution in [-0.2, 0) is 5.41 Å². The molecule has 0 spiro atoms. The molecule has 0 atom stereocenters. The van der Waals surface area contributed by atoms with Gasteiger partial charge in [0.25, 0.3) is 0 Å². The maximum Gasteiger partial charge on any atom is 0.0714 e. The lowest BCUT2D eigenvalue weighted by molar-refractivity contribution is 0.771. The molecule has 0 aromatic heterocycles. The summed E-state index contributed by atoms with van der Waals surface area (Å²) in [5.41, 5.74) is 13.7. The van der Waals surface area contributed by atoms with Crippen molar-refractivity contribution in [2.24, 2.45) is 0 Å². The van der Waals surface area contributed by atoms with Gasteiger partial charge >= 0.3 is 0 Å². The van der Waals surface area contributed by atoms with E-state index in [0.717, 1.165) is 39.7 Å². The molecule has 11 aromatic carbocycles. The van der Waals surface area contributed by atoms with Crippen molar-refractivity contribution in [3.05, 3.63) is 277 Å². The quantitative estimate of drug-likeness (QED) is 0.134. The molecule has 63 heavy (non-hydrogen) atoms. The largest absolute Gasteiger partial charge is 0.310 e. The summed E-state index contributed by atoms with van der Waals surface area (Å²) in [6.07, 6.45) is 0. The fourth-order valence-corrected chi connectivity index (χ4v) is 10.3. The minimum atomic E-state index is -0.498. The predicted octanol–water partition coefficient (Wildman–Crippen LogP) is 16.4. The minimum absolute atomic E-state index is 0.498. The maximum atomic E-state index is 2.47. The van der Waals surface area contributed by atoms with Crippen LogP contribution in [0, 0.1) is 0 Å². The number of fused-ring (bicyclic) bond motifs is 1. The van der Waals surface area contributed by atoms with E-state index in [1.807, 2.05) is 0 Å². The summed E-state index contributed by atoms with van der Waals surface area (Å²) in [7, 11) is 0. The fraction of sp³-hybridized carbons (Fsp3) is 0.0164. The van der Waals surface area contributed by atoms with E-state index in [1.165, 1.54) is 60.1 Å². The summed E-state index contributed by atoms with van der Waals surface area (Å²) in [6, 6.07) is 93.1. The molecule has 0 radical (unpaired) electrons. The SMILES string of the molecule is c1ccc(N(c2ccc(-c3ccc(N(c4ccccc4)c4cccc5ccccc45)cc3)cc2)c2cc3c4c(ccc5cccc(c54)C3(c3ccccc3)c3ccccc3)c2)cc1. The molecule has 12 rings (SSSR count). The van der Waals surface area contributed by atoms with Gasteiger partial charge in [0.05, 0.1) is 11.1 Å². The highest BCUT2D eigenvalue weighted by Gasteiger charge is 2.45. The summed E-state index contributed by atoms with van der Waals surface area (Å²) in [4.78, 5) is 4.77. The Hall–Kier alpha value is -8.20. The predicted molar refractivity (Wildman–Crippen MR) is 266 cm³/mol. The molecular formula is C61H42N2. The third-order valence-corrected chi connectivity index (χ3v) is 13.0. The first-order chi connectivity index (χ1) is 31.3. The lowest BCUT2D eigenvalue weighted by Crippen LogP contribution is -2.29. The van der Waals surface area contributed by atoms with Crippen molar-refractivity contribution >= 4 is 66.4 Å². The summed E-state index contributed by atoms with van der Waals surface area (Å²) in [6.45, 7) is 0. The van der Waals surface area contributed by atoms with Crippen molar-refractivity contribution in [3.63, 3.8) is 0 Å². The van der Waals surface area contributed by atoms with Crippen molar-refractivity contribution in [2.75, 3.05) is 9.80 Å². The van der Waals surface area contributed by atoms with Gasteiger partial charge in [-0.2, -0.15) is 0 Å². The smallest absolute Gasteiger partial charge is 0.0714 e. The highest BCUT2D eigenvalue weighted by Crippen LogP contribution is 2.57. The number of rotatable bonds is 9. The zero-order valence-electron chi connectivity index (χ0n) is 34.6. The standard InChI is InChI=1S/C61H42N2/c1-5-20-48(21-6-1)61(49-22-7-2-8-23-49)56-29-15-19-46-31-32-47-41-54(42-57(61)60(47)59(46)56)62(50-24-9-3-10-25-50)52-37-33-43(34-38-52)44-35-39-53(40-36-44)63(51-26-11-4-12-27-51)58-30-16-18-45-17-13-14-28-55(45)58/h1-42H. The van der Waals surface area contributed by atoms with Gasteiger partial charge in [0.15, 0.2) is 0 Å². The van der Waals surface area contributed by atoms with Gasteiger partial charge in [-0.05, 0) is 127 Å². The molecule has 0 heterocycles. The van der Waals surface area contributed by atoms with E-state index in [4.69, 9.17) is 0 Å². The first-order valence-corrected chi connectivity index (χ1v) is 21.8. The second-order valence-corrected chi connectivity index (χ2v) is 16.5. The number of anilines is 6. The number of para-hydroxylation sites is 2. The molecule has 1 aliphatic carbocycles. The van der Waals surface area contributed by atoms with Crippen LogP contribution in [0.15, 0.2) is 255 Å². The topological polar surface area (TPSA) is 6.48 Å². The Balaban J connectivity index is 0.973. The van der Waals surface area contributed by atoms with E-state index < -0.39 is 5.41 Å². The molecule has 0 aliphatic heterocycles. The summed E-state index contributed by atoms with van der Waals surface area (Å²) < 4.78 is 0. The number of hydrogen-bond acceptors (Lipinski definition) is 2. The molecule has 2 nitrogen and oxygen atoms in total. The van der Waals surface area contributed by atoms with Crippen LogP contribution >= 0.6 is 0 Å². The van der Waals surface area contributed by atoms with Crippen LogP contribution in [0.2, 0.25) is 0 Å². The van der Waals surface area contributed by atoms with E-state index in [9.17, 15) is 0 Å². The summed E-state index contributed by atoms with van der Waals surface area (Å²) >= 11 is 0. The van der Waals surface area contributed by atoms with E-state index in [1.54, 1.807) is 0 Å². The minimum Gasteiger partial charge on any atom is -0.310 e. The average Bonchev–Trinajstić information content (AvgIpc) is 3.67. The van der Waals surface area contributed by atoms with Gasteiger partial charge < -0.3 is 9.80 Å². The van der Waals surface area contributed by atoms with Crippen molar-refractivity contribution in [1.29, 1.82) is 0 Å². The van der Waals surface area contributed by atoms with E-state index in [0.29, 0.717) is 0 Å². The van der Waals surface area contributed by atoms with E-state index >= 15 is 0 Å². The molecule has 11 aromatic rings. The van der Waals surface area contributed by atoms with Crippen molar-refractivity contribution in [2.45, 2.75) is 5.41 Å². The van der Waals surface area contributed by atoms with Gasteiger partial charge in [-0.3, -0.25) is 0 Å². The van der Waals surface area contributed by atoms with Crippen molar-refractivity contribution in [3.8, 4) is 11.1 Å². The normalized spacial score (nSPS) is 12.6. The Morgan fingerprint density at radius 2 is 0.730 bits per heavy atom. The van der Waals surface area contributed by atoms with Crippen LogP contribution in [0.1, 0.15) is 22.3 Å². The Labute approximate surface area is 368 Å². The monoisotopic (exact) mass is 802 g/mol. The Bertz CT molecular complexity index is 3370. The molecule has 2 heteroatoms. The second kappa shape index (κ2) is 15.1. The highest BCUT2D eigenvalue weighted by atomic mass is 15.1. The summed E-state index contributed by atoms with van der Waals surface area (Å²) in [5.74, 6) is 0. The third kappa shape index (κ3) is 5.95. The van der Waals surface area contributed by atoms with E-state index in [2.05, 4.69) is 265 Å². The molecule has 1 aliphatic rings. The van der Waals surface area contributed by atoms with Gasteiger partial charge in [0.2, 0.25) is 0 Å². The molecule has 0 unspecified atom stereocenters. The van der Waals surface area contributed by atoms with Gasteiger partial charge in [0.1, 0.15) is 0 Å². The van der Waals surface area contributed by atoms with Gasteiger partial charge in [-0.1, -0.05) is 188 Å². The first kappa shape index (κ1) is 36.6. The number of nitrogens with zero attached hydrogens (tertiary/aromatic N) is 2. The van der Waals surface area contributed by atoms with Crippen LogP contribution in [0.4, 0.5) is 34.1 Å². The molecule has 0 amide bonds. The van der Waals surface area contributed by atoms with Crippen LogP contribution in [0.3, 0.4) is 0 Å². The second-order valence-electron chi connectivity index (χ2n) is 16.5. The number of hydrogen-bond donors (Lipinski definition) is 0. The molecule has 0 saturated carbocycles. The Morgan fingerprint density at radius 1 is 0.270 bits per heavy atom. The average molecular weight is 803 g/mol. The van der Waals surface area contributed by atoms with Gasteiger partial charge in [0, 0.05) is 33.8 Å². The Kier molecular flexibility index (Phi) is 8.76. The van der Waals surface area contributed by atoms with Crippen LogP contribution < -0.4 is 9.80 Å². The zero-order valence-corrected chi connectivity index (χ0v) is 34.6. The molecule has 0 saturated heterocycles. The molecule has 0 N–H and O–H groups in total. The molecule has 0 bridgehead atoms.